The average molecular weight is 195 g/mol. The van der Waals surface area contributed by atoms with E-state index in [0.717, 1.165) is 0 Å². The van der Waals surface area contributed by atoms with E-state index in [2.05, 4.69) is 10.3 Å². The SMILES string of the molecule is CCc1c([N+](=O)[O-])cc(C)nc1NC. The molecule has 0 aliphatic carbocycles. The van der Waals surface area contributed by atoms with Crippen LogP contribution in [0.4, 0.5) is 11.5 Å². The summed E-state index contributed by atoms with van der Waals surface area (Å²) in [5.74, 6) is 0.596. The van der Waals surface area contributed by atoms with Crippen LogP contribution in [0.3, 0.4) is 0 Å². The molecule has 14 heavy (non-hydrogen) atoms. The van der Waals surface area contributed by atoms with Crippen molar-refractivity contribution in [2.45, 2.75) is 20.3 Å². The molecule has 1 rings (SSSR count). The molecule has 1 aromatic rings. The molecular weight excluding hydrogens is 182 g/mol. The molecule has 1 heterocycles. The van der Waals surface area contributed by atoms with Gasteiger partial charge in [-0.2, -0.15) is 0 Å². The number of pyridine rings is 1. The van der Waals surface area contributed by atoms with Crippen LogP contribution in [0.1, 0.15) is 18.2 Å². The molecule has 0 bridgehead atoms. The molecular formula is C9H13N3O2. The maximum absolute atomic E-state index is 10.8. The Morgan fingerprint density at radius 3 is 2.71 bits per heavy atom. The van der Waals surface area contributed by atoms with Crippen LogP contribution < -0.4 is 5.32 Å². The van der Waals surface area contributed by atoms with E-state index in [1.807, 2.05) is 6.92 Å². The minimum absolute atomic E-state index is 0.143. The van der Waals surface area contributed by atoms with Gasteiger partial charge >= 0.3 is 0 Å². The average Bonchev–Trinajstić information content (AvgIpc) is 2.16. The number of nitrogens with one attached hydrogen (secondary N) is 1. The zero-order valence-corrected chi connectivity index (χ0v) is 8.50. The fourth-order valence-electron chi connectivity index (χ4n) is 1.40. The van der Waals surface area contributed by atoms with Crippen LogP contribution >= 0.6 is 0 Å². The summed E-state index contributed by atoms with van der Waals surface area (Å²) in [6.07, 6.45) is 0.597. The number of aromatic nitrogens is 1. The Bertz CT molecular complexity index is 363. The van der Waals surface area contributed by atoms with Gasteiger partial charge in [-0.3, -0.25) is 10.1 Å². The Hall–Kier alpha value is -1.65. The van der Waals surface area contributed by atoms with Crippen molar-refractivity contribution in [1.29, 1.82) is 0 Å². The van der Waals surface area contributed by atoms with Crippen molar-refractivity contribution in [1.82, 2.24) is 4.98 Å². The van der Waals surface area contributed by atoms with Crippen molar-refractivity contribution >= 4 is 11.5 Å². The van der Waals surface area contributed by atoms with Crippen LogP contribution in [-0.4, -0.2) is 17.0 Å². The third kappa shape index (κ3) is 1.81. The zero-order chi connectivity index (χ0) is 10.7. The molecule has 0 saturated carbocycles. The lowest BCUT2D eigenvalue weighted by atomic mass is 10.1. The second kappa shape index (κ2) is 4.04. The number of nitrogens with zero attached hydrogens (tertiary/aromatic N) is 2. The fraction of sp³-hybridized carbons (Fsp3) is 0.444. The van der Waals surface area contributed by atoms with Crippen molar-refractivity contribution < 1.29 is 4.92 Å². The second-order valence-corrected chi connectivity index (χ2v) is 2.97. The fourth-order valence-corrected chi connectivity index (χ4v) is 1.40. The van der Waals surface area contributed by atoms with E-state index in [1.54, 1.807) is 14.0 Å². The third-order valence-corrected chi connectivity index (χ3v) is 2.02. The van der Waals surface area contributed by atoms with Gasteiger partial charge in [0.15, 0.2) is 0 Å². The number of hydrogen-bond acceptors (Lipinski definition) is 4. The molecule has 1 aromatic heterocycles. The molecule has 0 unspecified atom stereocenters. The summed E-state index contributed by atoms with van der Waals surface area (Å²) in [5, 5.41) is 13.6. The predicted octanol–water partition coefficient (Wildman–Crippen LogP) is 1.90. The lowest BCUT2D eigenvalue weighted by molar-refractivity contribution is -0.385. The second-order valence-electron chi connectivity index (χ2n) is 2.97. The van der Waals surface area contributed by atoms with Crippen molar-refractivity contribution in [3.05, 3.63) is 27.4 Å². The first kappa shape index (κ1) is 10.4. The Balaban J connectivity index is 3.39. The molecule has 0 amide bonds. The van der Waals surface area contributed by atoms with Crippen molar-refractivity contribution in [2.75, 3.05) is 12.4 Å². The number of anilines is 1. The number of rotatable bonds is 3. The van der Waals surface area contributed by atoms with Crippen LogP contribution in [-0.2, 0) is 6.42 Å². The van der Waals surface area contributed by atoms with Gasteiger partial charge in [0, 0.05) is 18.8 Å². The summed E-state index contributed by atoms with van der Waals surface area (Å²) >= 11 is 0. The van der Waals surface area contributed by atoms with Gasteiger partial charge in [-0.05, 0) is 13.3 Å². The standard InChI is InChI=1S/C9H13N3O2/c1-4-7-8(12(13)14)5-6(2)11-9(7)10-3/h5H,4H2,1-3H3,(H,10,11). The highest BCUT2D eigenvalue weighted by molar-refractivity contribution is 5.56. The summed E-state index contributed by atoms with van der Waals surface area (Å²) in [7, 11) is 1.71. The Kier molecular flexibility index (Phi) is 3.01. The number of hydrogen-bond donors (Lipinski definition) is 1. The lowest BCUT2D eigenvalue weighted by Crippen LogP contribution is -2.03. The van der Waals surface area contributed by atoms with E-state index in [9.17, 15) is 10.1 Å². The first-order valence-corrected chi connectivity index (χ1v) is 4.42. The van der Waals surface area contributed by atoms with E-state index in [0.29, 0.717) is 23.5 Å². The van der Waals surface area contributed by atoms with Gasteiger partial charge in [-0.25, -0.2) is 4.98 Å². The summed E-state index contributed by atoms with van der Waals surface area (Å²) in [6.45, 7) is 3.62. The smallest absolute Gasteiger partial charge is 0.278 e. The molecule has 0 fully saturated rings. The zero-order valence-electron chi connectivity index (χ0n) is 8.50. The van der Waals surface area contributed by atoms with Gasteiger partial charge in [-0.15, -0.1) is 0 Å². The molecule has 0 radical (unpaired) electrons. The summed E-state index contributed by atoms with van der Waals surface area (Å²) < 4.78 is 0. The van der Waals surface area contributed by atoms with E-state index >= 15 is 0 Å². The van der Waals surface area contributed by atoms with Gasteiger partial charge < -0.3 is 5.32 Å². The molecule has 5 heteroatoms. The van der Waals surface area contributed by atoms with Crippen LogP contribution in [0.5, 0.6) is 0 Å². The first-order chi connectivity index (χ1) is 6.60. The van der Waals surface area contributed by atoms with Crippen LogP contribution in [0, 0.1) is 17.0 Å². The highest BCUT2D eigenvalue weighted by Gasteiger charge is 2.17. The minimum atomic E-state index is -0.367. The minimum Gasteiger partial charge on any atom is -0.373 e. The molecule has 0 aliphatic rings. The van der Waals surface area contributed by atoms with Crippen LogP contribution in [0.25, 0.3) is 0 Å². The van der Waals surface area contributed by atoms with Gasteiger partial charge in [0.25, 0.3) is 5.69 Å². The van der Waals surface area contributed by atoms with E-state index in [1.165, 1.54) is 6.07 Å². The monoisotopic (exact) mass is 195 g/mol. The molecule has 5 nitrogen and oxygen atoms in total. The summed E-state index contributed by atoms with van der Waals surface area (Å²) in [4.78, 5) is 14.6. The molecule has 0 spiro atoms. The molecule has 0 aliphatic heterocycles. The molecule has 76 valence electrons. The maximum atomic E-state index is 10.8. The van der Waals surface area contributed by atoms with Gasteiger partial charge in [0.05, 0.1) is 10.5 Å². The molecule has 0 saturated heterocycles. The Labute approximate surface area is 82.3 Å². The van der Waals surface area contributed by atoms with Crippen LogP contribution in [0.15, 0.2) is 6.07 Å². The molecule has 0 atom stereocenters. The maximum Gasteiger partial charge on any atom is 0.278 e. The highest BCUT2D eigenvalue weighted by Crippen LogP contribution is 2.25. The van der Waals surface area contributed by atoms with Crippen molar-refractivity contribution in [3.8, 4) is 0 Å². The van der Waals surface area contributed by atoms with E-state index in [4.69, 9.17) is 0 Å². The van der Waals surface area contributed by atoms with Crippen LogP contribution in [0.2, 0.25) is 0 Å². The lowest BCUT2D eigenvalue weighted by Gasteiger charge is -2.07. The quantitative estimate of drug-likeness (QED) is 0.590. The summed E-state index contributed by atoms with van der Waals surface area (Å²) in [5.41, 5.74) is 1.45. The third-order valence-electron chi connectivity index (χ3n) is 2.02. The van der Waals surface area contributed by atoms with Crippen molar-refractivity contribution in [2.24, 2.45) is 0 Å². The molecule has 1 N–H and O–H groups in total. The largest absolute Gasteiger partial charge is 0.373 e. The Morgan fingerprint density at radius 2 is 2.29 bits per heavy atom. The van der Waals surface area contributed by atoms with Gasteiger partial charge in [-0.1, -0.05) is 6.92 Å². The molecule has 0 aromatic carbocycles. The normalized spacial score (nSPS) is 9.93. The van der Waals surface area contributed by atoms with E-state index in [-0.39, 0.29) is 10.6 Å². The topological polar surface area (TPSA) is 68.1 Å². The number of nitro groups is 1. The van der Waals surface area contributed by atoms with E-state index < -0.39 is 0 Å². The van der Waals surface area contributed by atoms with Gasteiger partial charge in [0.2, 0.25) is 0 Å². The number of aryl methyl sites for hydroxylation is 1. The van der Waals surface area contributed by atoms with Gasteiger partial charge in [0.1, 0.15) is 5.82 Å². The highest BCUT2D eigenvalue weighted by atomic mass is 16.6. The van der Waals surface area contributed by atoms with Crippen molar-refractivity contribution in [3.63, 3.8) is 0 Å². The summed E-state index contributed by atoms with van der Waals surface area (Å²) in [6, 6.07) is 1.50. The predicted molar refractivity (Wildman–Crippen MR) is 54.6 cm³/mol. The Morgan fingerprint density at radius 1 is 1.64 bits per heavy atom. The first-order valence-electron chi connectivity index (χ1n) is 4.42.